The van der Waals surface area contributed by atoms with Gasteiger partial charge in [0.25, 0.3) is 5.91 Å². The third kappa shape index (κ3) is 1.87. The largest absolute Gasteiger partial charge is 0.482 e. The van der Waals surface area contributed by atoms with Gasteiger partial charge < -0.3 is 10.1 Å². The molecule has 1 aromatic carbocycles. The summed E-state index contributed by atoms with van der Waals surface area (Å²) in [5.74, 6) is 0.401. The van der Waals surface area contributed by atoms with Crippen LogP contribution in [0.2, 0.25) is 0 Å². The van der Waals surface area contributed by atoms with Crippen LogP contribution in [0.1, 0.15) is 5.56 Å². The average Bonchev–Trinajstić information content (AvgIpc) is 2.26. The number of fused-ring (bicyclic) bond motifs is 1. The van der Waals surface area contributed by atoms with Crippen molar-refractivity contribution in [3.8, 4) is 5.75 Å². The molecule has 0 saturated heterocycles. The van der Waals surface area contributed by atoms with E-state index in [9.17, 15) is 9.59 Å². The zero-order valence-electron chi connectivity index (χ0n) is 7.82. The number of aliphatic imine (C=N–C) groups is 1. The average molecular weight is 204 g/mol. The molecule has 1 aliphatic rings. The second-order valence-corrected chi connectivity index (χ2v) is 3.03. The van der Waals surface area contributed by atoms with Crippen molar-refractivity contribution < 1.29 is 14.3 Å². The summed E-state index contributed by atoms with van der Waals surface area (Å²) in [5.41, 5.74) is 1.33. The van der Waals surface area contributed by atoms with Crippen LogP contribution in [0.4, 0.5) is 5.69 Å². The van der Waals surface area contributed by atoms with E-state index in [-0.39, 0.29) is 19.1 Å². The fourth-order valence-electron chi connectivity index (χ4n) is 1.41. The van der Waals surface area contributed by atoms with Gasteiger partial charge in [0.15, 0.2) is 6.61 Å². The van der Waals surface area contributed by atoms with Gasteiger partial charge in [0.2, 0.25) is 6.08 Å². The highest BCUT2D eigenvalue weighted by molar-refractivity contribution is 5.96. The molecule has 1 amide bonds. The van der Waals surface area contributed by atoms with Gasteiger partial charge in [0.1, 0.15) is 5.75 Å². The summed E-state index contributed by atoms with van der Waals surface area (Å²) >= 11 is 0. The zero-order chi connectivity index (χ0) is 10.7. The van der Waals surface area contributed by atoms with Crippen LogP contribution in [-0.2, 0) is 16.1 Å². The van der Waals surface area contributed by atoms with Crippen LogP contribution in [0, 0.1) is 0 Å². The van der Waals surface area contributed by atoms with Gasteiger partial charge in [-0.25, -0.2) is 9.79 Å². The molecular weight excluding hydrogens is 196 g/mol. The van der Waals surface area contributed by atoms with Crippen molar-refractivity contribution in [2.45, 2.75) is 6.54 Å². The minimum absolute atomic E-state index is 0.0212. The Morgan fingerprint density at radius 1 is 1.53 bits per heavy atom. The monoisotopic (exact) mass is 204 g/mol. The molecule has 1 heterocycles. The predicted octanol–water partition coefficient (Wildman–Crippen LogP) is 0.853. The Balaban J connectivity index is 2.38. The van der Waals surface area contributed by atoms with Crippen molar-refractivity contribution in [2.75, 3.05) is 11.9 Å². The lowest BCUT2D eigenvalue weighted by Crippen LogP contribution is -2.26. The predicted molar refractivity (Wildman–Crippen MR) is 52.4 cm³/mol. The number of nitrogens with one attached hydrogen (secondary N) is 1. The van der Waals surface area contributed by atoms with E-state index in [1.807, 2.05) is 0 Å². The maximum absolute atomic E-state index is 11.1. The smallest absolute Gasteiger partial charge is 0.262 e. The van der Waals surface area contributed by atoms with Crippen molar-refractivity contribution in [1.82, 2.24) is 0 Å². The Bertz CT molecular complexity index is 450. The minimum atomic E-state index is -0.204. The lowest BCUT2D eigenvalue weighted by Gasteiger charge is -2.19. The number of nitrogens with zero attached hydrogens (tertiary/aromatic N) is 1. The molecule has 1 aromatic rings. The number of anilines is 1. The molecular formula is C10H8N2O3. The van der Waals surface area contributed by atoms with E-state index in [1.54, 1.807) is 18.2 Å². The summed E-state index contributed by atoms with van der Waals surface area (Å²) in [6, 6.07) is 5.31. The fraction of sp³-hybridized carbons (Fsp3) is 0.200. The first-order valence-electron chi connectivity index (χ1n) is 4.39. The van der Waals surface area contributed by atoms with E-state index in [4.69, 9.17) is 4.74 Å². The normalized spacial score (nSPS) is 13.2. The van der Waals surface area contributed by atoms with Gasteiger partial charge in [0, 0.05) is 5.56 Å². The minimum Gasteiger partial charge on any atom is -0.482 e. The molecule has 1 N–H and O–H groups in total. The first-order chi connectivity index (χ1) is 7.31. The van der Waals surface area contributed by atoms with Crippen LogP contribution in [-0.4, -0.2) is 18.6 Å². The second kappa shape index (κ2) is 3.94. The number of para-hydroxylation sites is 1. The Labute approximate surface area is 85.8 Å². The van der Waals surface area contributed by atoms with Crippen LogP contribution in [0.15, 0.2) is 23.2 Å². The molecule has 0 unspecified atom stereocenters. The molecule has 0 atom stereocenters. The first kappa shape index (κ1) is 9.43. The molecule has 0 fully saturated rings. The zero-order valence-corrected chi connectivity index (χ0v) is 7.82. The third-order valence-electron chi connectivity index (χ3n) is 2.05. The molecule has 0 aliphatic carbocycles. The van der Waals surface area contributed by atoms with E-state index >= 15 is 0 Å². The van der Waals surface area contributed by atoms with Crippen molar-refractivity contribution in [1.29, 1.82) is 0 Å². The second-order valence-electron chi connectivity index (χ2n) is 3.03. The Hall–Kier alpha value is -2.13. The van der Waals surface area contributed by atoms with Gasteiger partial charge in [-0.3, -0.25) is 4.79 Å². The van der Waals surface area contributed by atoms with Gasteiger partial charge in [0.05, 0.1) is 12.2 Å². The van der Waals surface area contributed by atoms with Gasteiger partial charge in [-0.05, 0) is 6.07 Å². The standard InChI is InChI=1S/C10H8N2O3/c13-6-11-4-7-2-1-3-8-10(7)12-9(14)5-15-8/h1-3H,4-5H2,(H,12,14). The van der Waals surface area contributed by atoms with E-state index in [2.05, 4.69) is 10.3 Å². The van der Waals surface area contributed by atoms with E-state index in [0.29, 0.717) is 11.4 Å². The SMILES string of the molecule is O=C=NCc1cccc2c1NC(=O)CO2. The summed E-state index contributed by atoms with van der Waals surface area (Å²) in [6.07, 6.45) is 1.46. The maximum Gasteiger partial charge on any atom is 0.262 e. The van der Waals surface area contributed by atoms with Gasteiger partial charge in [-0.1, -0.05) is 12.1 Å². The molecule has 76 valence electrons. The summed E-state index contributed by atoms with van der Waals surface area (Å²) < 4.78 is 5.20. The van der Waals surface area contributed by atoms with Crippen LogP contribution in [0.25, 0.3) is 0 Å². The molecule has 5 nitrogen and oxygen atoms in total. The van der Waals surface area contributed by atoms with Crippen molar-refractivity contribution in [2.24, 2.45) is 4.99 Å². The number of amides is 1. The van der Waals surface area contributed by atoms with Gasteiger partial charge in [-0.2, -0.15) is 0 Å². The molecule has 0 radical (unpaired) electrons. The molecule has 0 aromatic heterocycles. The van der Waals surface area contributed by atoms with Crippen molar-refractivity contribution in [3.63, 3.8) is 0 Å². The van der Waals surface area contributed by atoms with Gasteiger partial charge in [-0.15, -0.1) is 0 Å². The summed E-state index contributed by atoms with van der Waals surface area (Å²) in [7, 11) is 0. The highest BCUT2D eigenvalue weighted by Crippen LogP contribution is 2.31. The fourth-order valence-corrected chi connectivity index (χ4v) is 1.41. The highest BCUT2D eigenvalue weighted by Gasteiger charge is 2.18. The molecule has 0 spiro atoms. The molecule has 0 saturated carbocycles. The topological polar surface area (TPSA) is 67.8 Å². The molecule has 2 rings (SSSR count). The molecule has 0 bridgehead atoms. The number of ether oxygens (including phenoxy) is 1. The van der Waals surface area contributed by atoms with Crippen LogP contribution >= 0.6 is 0 Å². The number of hydrogen-bond acceptors (Lipinski definition) is 4. The summed E-state index contributed by atoms with van der Waals surface area (Å²) in [6.45, 7) is 0.212. The van der Waals surface area contributed by atoms with Crippen molar-refractivity contribution in [3.05, 3.63) is 23.8 Å². The lowest BCUT2D eigenvalue weighted by molar-refractivity contribution is -0.118. The van der Waals surface area contributed by atoms with E-state index in [0.717, 1.165) is 5.56 Å². The van der Waals surface area contributed by atoms with Crippen molar-refractivity contribution >= 4 is 17.7 Å². The number of benzene rings is 1. The van der Waals surface area contributed by atoms with E-state index in [1.165, 1.54) is 6.08 Å². The van der Waals surface area contributed by atoms with Crippen LogP contribution < -0.4 is 10.1 Å². The molecule has 5 heteroatoms. The van der Waals surface area contributed by atoms with Gasteiger partial charge >= 0.3 is 0 Å². The third-order valence-corrected chi connectivity index (χ3v) is 2.05. The van der Waals surface area contributed by atoms with Crippen LogP contribution in [0.3, 0.4) is 0 Å². The summed E-state index contributed by atoms with van der Waals surface area (Å²) in [5, 5.41) is 2.68. The van der Waals surface area contributed by atoms with E-state index < -0.39 is 0 Å². The quantitative estimate of drug-likeness (QED) is 0.573. The number of hydrogen-bond donors (Lipinski definition) is 1. The highest BCUT2D eigenvalue weighted by atomic mass is 16.5. The molecule has 15 heavy (non-hydrogen) atoms. The Morgan fingerprint density at radius 2 is 2.40 bits per heavy atom. The number of carbonyl (C=O) groups excluding carboxylic acids is 2. The number of rotatable bonds is 2. The Kier molecular flexibility index (Phi) is 2.48. The first-order valence-corrected chi connectivity index (χ1v) is 4.39. The molecule has 1 aliphatic heterocycles. The number of isocyanates is 1. The number of carbonyl (C=O) groups is 1. The summed E-state index contributed by atoms with van der Waals surface area (Å²) in [4.78, 5) is 24.6. The Morgan fingerprint density at radius 3 is 3.20 bits per heavy atom. The lowest BCUT2D eigenvalue weighted by atomic mass is 10.1. The van der Waals surface area contributed by atoms with Crippen LogP contribution in [0.5, 0.6) is 5.75 Å². The maximum atomic E-state index is 11.1.